The molecule has 0 aromatic heterocycles. The maximum Gasteiger partial charge on any atom is 0.251 e. The summed E-state index contributed by atoms with van der Waals surface area (Å²) in [5.41, 5.74) is 0.631. The molecular formula is C15H24N2O2. The van der Waals surface area contributed by atoms with E-state index < -0.39 is 0 Å². The number of rotatable bonds is 7. The lowest BCUT2D eigenvalue weighted by molar-refractivity contribution is 0.0937. The molecule has 1 atom stereocenters. The standard InChI is InChI=1S/C15H24N2O2/c1-5-17(6-2)12(3)11-16-15(18)13-8-7-9-14(10-13)19-4/h7-10,12H,5-6,11H2,1-4H3,(H,16,18). The summed E-state index contributed by atoms with van der Waals surface area (Å²) in [4.78, 5) is 14.3. The van der Waals surface area contributed by atoms with Crippen molar-refractivity contribution in [3.63, 3.8) is 0 Å². The van der Waals surface area contributed by atoms with E-state index in [4.69, 9.17) is 4.74 Å². The van der Waals surface area contributed by atoms with Gasteiger partial charge in [0, 0.05) is 18.2 Å². The number of amides is 1. The van der Waals surface area contributed by atoms with Crippen LogP contribution in [0.25, 0.3) is 0 Å². The summed E-state index contributed by atoms with van der Waals surface area (Å²) in [6.45, 7) is 9.02. The molecule has 106 valence electrons. The van der Waals surface area contributed by atoms with Crippen LogP contribution in [0.15, 0.2) is 24.3 Å². The minimum absolute atomic E-state index is 0.0575. The number of hydrogen-bond donors (Lipinski definition) is 1. The van der Waals surface area contributed by atoms with Crippen LogP contribution >= 0.6 is 0 Å². The van der Waals surface area contributed by atoms with Gasteiger partial charge in [0.25, 0.3) is 5.91 Å². The van der Waals surface area contributed by atoms with Crippen LogP contribution in [-0.4, -0.2) is 43.6 Å². The molecule has 1 aromatic carbocycles. The van der Waals surface area contributed by atoms with Gasteiger partial charge in [0.2, 0.25) is 0 Å². The lowest BCUT2D eigenvalue weighted by Crippen LogP contribution is -2.42. The molecule has 1 unspecified atom stereocenters. The summed E-state index contributed by atoms with van der Waals surface area (Å²) in [5, 5.41) is 2.96. The highest BCUT2D eigenvalue weighted by Crippen LogP contribution is 2.12. The zero-order valence-electron chi connectivity index (χ0n) is 12.3. The van der Waals surface area contributed by atoms with E-state index in [1.165, 1.54) is 0 Å². The van der Waals surface area contributed by atoms with E-state index in [1.807, 2.05) is 12.1 Å². The first-order valence-corrected chi connectivity index (χ1v) is 6.78. The van der Waals surface area contributed by atoms with Crippen molar-refractivity contribution in [1.29, 1.82) is 0 Å². The second kappa shape index (κ2) is 7.79. The number of benzene rings is 1. The topological polar surface area (TPSA) is 41.6 Å². The van der Waals surface area contributed by atoms with Crippen molar-refractivity contribution in [2.45, 2.75) is 26.8 Å². The number of ether oxygens (including phenoxy) is 1. The smallest absolute Gasteiger partial charge is 0.251 e. The van der Waals surface area contributed by atoms with Crippen LogP contribution in [0, 0.1) is 0 Å². The molecule has 0 heterocycles. The molecule has 1 N–H and O–H groups in total. The van der Waals surface area contributed by atoms with E-state index in [0.29, 0.717) is 23.9 Å². The van der Waals surface area contributed by atoms with Crippen molar-refractivity contribution in [2.24, 2.45) is 0 Å². The third-order valence-corrected chi connectivity index (χ3v) is 3.33. The molecule has 4 heteroatoms. The zero-order chi connectivity index (χ0) is 14.3. The Kier molecular flexibility index (Phi) is 6.36. The van der Waals surface area contributed by atoms with Crippen LogP contribution in [-0.2, 0) is 0 Å². The highest BCUT2D eigenvalue weighted by Gasteiger charge is 2.12. The van der Waals surface area contributed by atoms with Gasteiger partial charge in [-0.05, 0) is 38.2 Å². The maximum atomic E-state index is 12.0. The number of nitrogens with zero attached hydrogens (tertiary/aromatic N) is 1. The van der Waals surface area contributed by atoms with Crippen LogP contribution in [0.3, 0.4) is 0 Å². The Morgan fingerprint density at radius 1 is 1.37 bits per heavy atom. The Labute approximate surface area is 115 Å². The highest BCUT2D eigenvalue weighted by atomic mass is 16.5. The molecule has 0 radical (unpaired) electrons. The average molecular weight is 264 g/mol. The molecule has 1 amide bonds. The largest absolute Gasteiger partial charge is 0.497 e. The van der Waals surface area contributed by atoms with Gasteiger partial charge < -0.3 is 10.1 Å². The fraction of sp³-hybridized carbons (Fsp3) is 0.533. The van der Waals surface area contributed by atoms with Gasteiger partial charge in [-0.1, -0.05) is 19.9 Å². The first-order chi connectivity index (χ1) is 9.12. The molecule has 0 aliphatic heterocycles. The van der Waals surface area contributed by atoms with Crippen molar-refractivity contribution < 1.29 is 9.53 Å². The fourth-order valence-electron chi connectivity index (χ4n) is 2.08. The van der Waals surface area contributed by atoms with Gasteiger partial charge in [0.15, 0.2) is 0 Å². The highest BCUT2D eigenvalue weighted by molar-refractivity contribution is 5.94. The molecule has 0 aliphatic rings. The molecular weight excluding hydrogens is 240 g/mol. The molecule has 0 fully saturated rings. The Morgan fingerprint density at radius 3 is 2.63 bits per heavy atom. The average Bonchev–Trinajstić information content (AvgIpc) is 2.46. The molecule has 19 heavy (non-hydrogen) atoms. The second-order valence-electron chi connectivity index (χ2n) is 4.51. The van der Waals surface area contributed by atoms with Gasteiger partial charge in [-0.15, -0.1) is 0 Å². The minimum atomic E-state index is -0.0575. The first-order valence-electron chi connectivity index (χ1n) is 6.78. The molecule has 0 saturated carbocycles. The number of hydrogen-bond acceptors (Lipinski definition) is 3. The number of carbonyl (C=O) groups excluding carboxylic acids is 1. The zero-order valence-corrected chi connectivity index (χ0v) is 12.3. The number of carbonyl (C=O) groups is 1. The minimum Gasteiger partial charge on any atom is -0.497 e. The van der Waals surface area contributed by atoms with E-state index >= 15 is 0 Å². The van der Waals surface area contributed by atoms with Crippen molar-refractivity contribution >= 4 is 5.91 Å². The van der Waals surface area contributed by atoms with E-state index in [0.717, 1.165) is 13.1 Å². The quantitative estimate of drug-likeness (QED) is 0.820. The van der Waals surface area contributed by atoms with Crippen LogP contribution in [0.4, 0.5) is 0 Å². The van der Waals surface area contributed by atoms with Crippen LogP contribution in [0.1, 0.15) is 31.1 Å². The summed E-state index contributed by atoms with van der Waals surface area (Å²) < 4.78 is 5.12. The van der Waals surface area contributed by atoms with E-state index in [1.54, 1.807) is 19.2 Å². The van der Waals surface area contributed by atoms with Gasteiger partial charge in [-0.2, -0.15) is 0 Å². The van der Waals surface area contributed by atoms with E-state index in [2.05, 4.69) is 31.0 Å². The molecule has 0 aliphatic carbocycles. The molecule has 0 spiro atoms. The lowest BCUT2D eigenvalue weighted by Gasteiger charge is -2.26. The van der Waals surface area contributed by atoms with Crippen molar-refractivity contribution in [2.75, 3.05) is 26.7 Å². The molecule has 0 bridgehead atoms. The SMILES string of the molecule is CCN(CC)C(C)CNC(=O)c1cccc(OC)c1. The Bertz CT molecular complexity index is 403. The molecule has 0 saturated heterocycles. The second-order valence-corrected chi connectivity index (χ2v) is 4.51. The van der Waals surface area contributed by atoms with Crippen molar-refractivity contribution in [3.05, 3.63) is 29.8 Å². The third-order valence-electron chi connectivity index (χ3n) is 3.33. The van der Waals surface area contributed by atoms with E-state index in [-0.39, 0.29) is 5.91 Å². The Balaban J connectivity index is 2.55. The van der Waals surface area contributed by atoms with Crippen molar-refractivity contribution in [3.8, 4) is 5.75 Å². The maximum absolute atomic E-state index is 12.0. The van der Waals surface area contributed by atoms with Gasteiger partial charge in [-0.3, -0.25) is 9.69 Å². The van der Waals surface area contributed by atoms with Gasteiger partial charge >= 0.3 is 0 Å². The summed E-state index contributed by atoms with van der Waals surface area (Å²) in [6.07, 6.45) is 0. The summed E-state index contributed by atoms with van der Waals surface area (Å²) in [7, 11) is 1.60. The lowest BCUT2D eigenvalue weighted by atomic mass is 10.2. The summed E-state index contributed by atoms with van der Waals surface area (Å²) in [5.74, 6) is 0.641. The number of methoxy groups -OCH3 is 1. The number of likely N-dealkylation sites (N-methyl/N-ethyl adjacent to an activating group) is 1. The monoisotopic (exact) mass is 264 g/mol. The van der Waals surface area contributed by atoms with E-state index in [9.17, 15) is 4.79 Å². The van der Waals surface area contributed by atoms with Crippen LogP contribution in [0.5, 0.6) is 5.75 Å². The predicted molar refractivity (Wildman–Crippen MR) is 77.7 cm³/mol. The fourth-order valence-corrected chi connectivity index (χ4v) is 2.08. The Hall–Kier alpha value is -1.55. The Morgan fingerprint density at radius 2 is 2.05 bits per heavy atom. The molecule has 1 aromatic rings. The third kappa shape index (κ3) is 4.56. The van der Waals surface area contributed by atoms with Gasteiger partial charge in [0.1, 0.15) is 5.75 Å². The van der Waals surface area contributed by atoms with Crippen LogP contribution < -0.4 is 10.1 Å². The van der Waals surface area contributed by atoms with Crippen LogP contribution in [0.2, 0.25) is 0 Å². The summed E-state index contributed by atoms with van der Waals surface area (Å²) >= 11 is 0. The van der Waals surface area contributed by atoms with Gasteiger partial charge in [-0.25, -0.2) is 0 Å². The number of nitrogens with one attached hydrogen (secondary N) is 1. The molecule has 1 rings (SSSR count). The molecule has 4 nitrogen and oxygen atoms in total. The normalized spacial score (nSPS) is 12.3. The summed E-state index contributed by atoms with van der Waals surface area (Å²) in [6, 6.07) is 7.53. The van der Waals surface area contributed by atoms with Crippen molar-refractivity contribution in [1.82, 2.24) is 10.2 Å². The first kappa shape index (κ1) is 15.5. The van der Waals surface area contributed by atoms with Gasteiger partial charge in [0.05, 0.1) is 7.11 Å². The predicted octanol–water partition coefficient (Wildman–Crippen LogP) is 2.16.